The molecule has 0 saturated carbocycles. The molecule has 26 heavy (non-hydrogen) atoms. The first-order valence-corrected chi connectivity index (χ1v) is 8.53. The van der Waals surface area contributed by atoms with E-state index in [-0.39, 0.29) is 5.69 Å². The second-order valence-corrected chi connectivity index (χ2v) is 6.49. The molecule has 4 aromatic rings. The molecule has 0 saturated heterocycles. The van der Waals surface area contributed by atoms with Gasteiger partial charge in [-0.2, -0.15) is 5.10 Å². The van der Waals surface area contributed by atoms with Gasteiger partial charge in [0.25, 0.3) is 5.91 Å². The van der Waals surface area contributed by atoms with Crippen molar-refractivity contribution in [1.29, 1.82) is 0 Å². The number of nitrogen functional groups attached to an aromatic ring is 1. The van der Waals surface area contributed by atoms with E-state index in [0.717, 1.165) is 16.0 Å². The summed E-state index contributed by atoms with van der Waals surface area (Å²) in [4.78, 5) is 17.5. The number of aromatic nitrogens is 4. The molecule has 9 heteroatoms. The lowest BCUT2D eigenvalue weighted by atomic mass is 10.1. The zero-order valence-corrected chi connectivity index (χ0v) is 14.5. The largest absolute Gasteiger partial charge is 0.397 e. The molecule has 4 rings (SSSR count). The Kier molecular flexibility index (Phi) is 3.98. The maximum absolute atomic E-state index is 12.5. The predicted molar refractivity (Wildman–Crippen MR) is 98.6 cm³/mol. The number of carbonyl (C=O) groups is 1. The molecule has 0 unspecified atom stereocenters. The number of carbonyl (C=O) groups excluding carboxylic acids is 1. The Morgan fingerprint density at radius 2 is 2.15 bits per heavy atom. The lowest BCUT2D eigenvalue weighted by Crippen LogP contribution is -2.13. The van der Waals surface area contributed by atoms with Crippen LogP contribution in [0.5, 0.6) is 0 Å². The fourth-order valence-corrected chi connectivity index (χ4v) is 3.05. The number of nitrogens with one attached hydrogen (secondary N) is 1. The summed E-state index contributed by atoms with van der Waals surface area (Å²) in [5.41, 5.74) is 10.5. The highest BCUT2D eigenvalue weighted by Gasteiger charge is 2.16. The summed E-state index contributed by atoms with van der Waals surface area (Å²) in [6.45, 7) is 0. The molecule has 130 valence electrons. The van der Waals surface area contributed by atoms with Crippen molar-refractivity contribution in [3.05, 3.63) is 54.1 Å². The molecular weight excluding hydrogens is 352 g/mol. The van der Waals surface area contributed by atoms with Crippen LogP contribution in [0.15, 0.2) is 52.9 Å². The van der Waals surface area contributed by atoms with Gasteiger partial charge in [-0.25, -0.2) is 0 Å². The molecule has 3 aromatic heterocycles. The van der Waals surface area contributed by atoms with E-state index in [1.165, 1.54) is 11.3 Å². The van der Waals surface area contributed by atoms with E-state index in [1.807, 2.05) is 12.1 Å². The third-order valence-corrected chi connectivity index (χ3v) is 4.57. The van der Waals surface area contributed by atoms with Crippen LogP contribution in [0.2, 0.25) is 0 Å². The van der Waals surface area contributed by atoms with Crippen LogP contribution < -0.4 is 11.1 Å². The van der Waals surface area contributed by atoms with E-state index in [9.17, 15) is 4.79 Å². The SMILES string of the molecule is Cn1cc(-c2cc(C(=O)Nc3cc(-c4cncs4)ccc3N)no2)cn1. The summed E-state index contributed by atoms with van der Waals surface area (Å²) in [5.74, 6) is 0.0617. The first-order valence-electron chi connectivity index (χ1n) is 7.65. The smallest absolute Gasteiger partial charge is 0.277 e. The molecule has 0 aliphatic heterocycles. The highest BCUT2D eigenvalue weighted by atomic mass is 32.1. The van der Waals surface area contributed by atoms with Crippen LogP contribution in [0.3, 0.4) is 0 Å². The molecule has 0 fully saturated rings. The van der Waals surface area contributed by atoms with Crippen LogP contribution in [0.4, 0.5) is 11.4 Å². The molecule has 0 spiro atoms. The van der Waals surface area contributed by atoms with E-state index in [0.29, 0.717) is 17.1 Å². The van der Waals surface area contributed by atoms with Crippen molar-refractivity contribution >= 4 is 28.6 Å². The molecule has 0 bridgehead atoms. The van der Waals surface area contributed by atoms with E-state index in [4.69, 9.17) is 10.3 Å². The minimum absolute atomic E-state index is 0.159. The second-order valence-electron chi connectivity index (χ2n) is 5.60. The van der Waals surface area contributed by atoms with Gasteiger partial charge in [-0.05, 0) is 17.7 Å². The van der Waals surface area contributed by atoms with Crippen LogP contribution in [0, 0.1) is 0 Å². The minimum atomic E-state index is -0.406. The molecule has 0 atom stereocenters. The van der Waals surface area contributed by atoms with Gasteiger partial charge in [-0.15, -0.1) is 11.3 Å². The van der Waals surface area contributed by atoms with E-state index in [1.54, 1.807) is 48.0 Å². The first kappa shape index (κ1) is 16.0. The van der Waals surface area contributed by atoms with Gasteiger partial charge in [-0.3, -0.25) is 14.5 Å². The summed E-state index contributed by atoms with van der Waals surface area (Å²) in [6.07, 6.45) is 5.18. The number of hydrogen-bond acceptors (Lipinski definition) is 7. The highest BCUT2D eigenvalue weighted by molar-refractivity contribution is 7.13. The fourth-order valence-electron chi connectivity index (χ4n) is 2.43. The Morgan fingerprint density at radius 1 is 1.27 bits per heavy atom. The Morgan fingerprint density at radius 3 is 2.88 bits per heavy atom. The van der Waals surface area contributed by atoms with Gasteiger partial charge < -0.3 is 15.6 Å². The van der Waals surface area contributed by atoms with Crippen molar-refractivity contribution in [3.63, 3.8) is 0 Å². The maximum atomic E-state index is 12.5. The molecule has 3 heterocycles. The Labute approximate surface area is 152 Å². The monoisotopic (exact) mass is 366 g/mol. The van der Waals surface area contributed by atoms with Gasteiger partial charge in [-0.1, -0.05) is 11.2 Å². The second kappa shape index (κ2) is 6.45. The quantitative estimate of drug-likeness (QED) is 0.537. The molecule has 1 amide bonds. The Hall–Kier alpha value is -3.46. The van der Waals surface area contributed by atoms with Gasteiger partial charge >= 0.3 is 0 Å². The van der Waals surface area contributed by atoms with Crippen molar-refractivity contribution in [1.82, 2.24) is 19.9 Å². The normalized spacial score (nSPS) is 10.8. The number of rotatable bonds is 4. The summed E-state index contributed by atoms with van der Waals surface area (Å²) < 4.78 is 6.88. The van der Waals surface area contributed by atoms with Gasteiger partial charge in [0, 0.05) is 25.5 Å². The number of anilines is 2. The molecule has 0 aliphatic rings. The van der Waals surface area contributed by atoms with Gasteiger partial charge in [0.05, 0.1) is 33.5 Å². The number of benzene rings is 1. The molecule has 1 aromatic carbocycles. The van der Waals surface area contributed by atoms with Crippen LogP contribution in [-0.2, 0) is 7.05 Å². The van der Waals surface area contributed by atoms with Crippen molar-refractivity contribution in [2.24, 2.45) is 7.05 Å². The third kappa shape index (κ3) is 3.07. The molecule has 0 aliphatic carbocycles. The average Bonchev–Trinajstić information content (AvgIpc) is 3.37. The zero-order chi connectivity index (χ0) is 18.1. The molecular formula is C17H14N6O2S. The molecule has 0 radical (unpaired) electrons. The van der Waals surface area contributed by atoms with Gasteiger partial charge in [0.2, 0.25) is 0 Å². The third-order valence-electron chi connectivity index (χ3n) is 3.75. The number of hydrogen-bond donors (Lipinski definition) is 2. The van der Waals surface area contributed by atoms with Crippen molar-refractivity contribution in [2.45, 2.75) is 0 Å². The zero-order valence-electron chi connectivity index (χ0n) is 13.7. The Bertz CT molecular complexity index is 1070. The fraction of sp³-hybridized carbons (Fsp3) is 0.0588. The van der Waals surface area contributed by atoms with Crippen molar-refractivity contribution in [3.8, 4) is 21.8 Å². The standard InChI is InChI=1S/C17H14N6O2S/c1-23-8-11(6-20-23)15-5-14(22-25-15)17(24)21-13-4-10(2-3-12(13)18)16-7-19-9-26-16/h2-9H,18H2,1H3,(H,21,24). The topological polar surface area (TPSA) is 112 Å². The lowest BCUT2D eigenvalue weighted by Gasteiger charge is -2.08. The van der Waals surface area contributed by atoms with Gasteiger partial charge in [0.15, 0.2) is 11.5 Å². The highest BCUT2D eigenvalue weighted by Crippen LogP contribution is 2.30. The molecule has 8 nitrogen and oxygen atoms in total. The first-order chi connectivity index (χ1) is 12.6. The summed E-state index contributed by atoms with van der Waals surface area (Å²) in [7, 11) is 1.80. The average molecular weight is 366 g/mol. The van der Waals surface area contributed by atoms with E-state index in [2.05, 4.69) is 20.6 Å². The van der Waals surface area contributed by atoms with E-state index >= 15 is 0 Å². The van der Waals surface area contributed by atoms with Crippen LogP contribution in [0.25, 0.3) is 21.8 Å². The van der Waals surface area contributed by atoms with Crippen molar-refractivity contribution in [2.75, 3.05) is 11.1 Å². The van der Waals surface area contributed by atoms with Crippen LogP contribution in [0.1, 0.15) is 10.5 Å². The lowest BCUT2D eigenvalue weighted by molar-refractivity contribution is 0.101. The van der Waals surface area contributed by atoms with Gasteiger partial charge in [0.1, 0.15) is 0 Å². The number of aryl methyl sites for hydroxylation is 1. The summed E-state index contributed by atoms with van der Waals surface area (Å²) >= 11 is 1.51. The maximum Gasteiger partial charge on any atom is 0.277 e. The predicted octanol–water partition coefficient (Wildman–Crippen LogP) is 3.03. The number of thiazole rings is 1. The van der Waals surface area contributed by atoms with E-state index < -0.39 is 5.91 Å². The van der Waals surface area contributed by atoms with Crippen LogP contribution in [-0.4, -0.2) is 25.8 Å². The molecule has 3 N–H and O–H groups in total. The minimum Gasteiger partial charge on any atom is -0.397 e. The van der Waals surface area contributed by atoms with Crippen molar-refractivity contribution < 1.29 is 9.32 Å². The number of nitrogens with zero attached hydrogens (tertiary/aromatic N) is 4. The summed E-state index contributed by atoms with van der Waals surface area (Å²) in [6, 6.07) is 7.00. The number of amides is 1. The Balaban J connectivity index is 1.57. The van der Waals surface area contributed by atoms with Crippen LogP contribution >= 0.6 is 11.3 Å². The number of nitrogens with two attached hydrogens (primary N) is 1. The summed E-state index contributed by atoms with van der Waals surface area (Å²) in [5, 5.41) is 10.7.